The summed E-state index contributed by atoms with van der Waals surface area (Å²) in [6.07, 6.45) is 0.642. The maximum Gasteiger partial charge on any atom is 0.341 e. The highest BCUT2D eigenvalue weighted by Crippen LogP contribution is 2.29. The number of thiazole rings is 1. The number of hydrogen-bond acceptors (Lipinski definition) is 6. The van der Waals surface area contributed by atoms with Crippen LogP contribution in [0.25, 0.3) is 0 Å². The van der Waals surface area contributed by atoms with Gasteiger partial charge in [0, 0.05) is 6.42 Å². The summed E-state index contributed by atoms with van der Waals surface area (Å²) in [5, 5.41) is 13.7. The molecule has 0 saturated heterocycles. The van der Waals surface area contributed by atoms with Crippen LogP contribution < -0.4 is 5.32 Å². The number of nitrogens with zero attached hydrogens (tertiary/aromatic N) is 1. The third kappa shape index (κ3) is 4.15. The summed E-state index contributed by atoms with van der Waals surface area (Å²) in [6, 6.07) is 14.4. The van der Waals surface area contributed by atoms with Crippen LogP contribution in [0.2, 0.25) is 0 Å². The van der Waals surface area contributed by atoms with E-state index >= 15 is 0 Å². The van der Waals surface area contributed by atoms with Crippen LogP contribution in [0.15, 0.2) is 48.5 Å². The van der Waals surface area contributed by atoms with Crippen LogP contribution in [-0.4, -0.2) is 29.1 Å². The zero-order valence-electron chi connectivity index (χ0n) is 14.9. The van der Waals surface area contributed by atoms with Gasteiger partial charge in [0.25, 0.3) is 5.91 Å². The largest absolute Gasteiger partial charge is 0.505 e. The molecule has 0 bridgehead atoms. The lowest BCUT2D eigenvalue weighted by Crippen LogP contribution is -2.12. The predicted octanol–water partition coefficient (Wildman–Crippen LogP) is 3.79. The molecule has 2 N–H and O–H groups in total. The van der Waals surface area contributed by atoms with Crippen molar-refractivity contribution < 1.29 is 19.4 Å². The third-order valence-corrected chi connectivity index (χ3v) is 5.09. The van der Waals surface area contributed by atoms with E-state index in [2.05, 4.69) is 15.0 Å². The van der Waals surface area contributed by atoms with Crippen molar-refractivity contribution in [2.24, 2.45) is 0 Å². The molecule has 0 aliphatic rings. The van der Waals surface area contributed by atoms with Gasteiger partial charge in [0.1, 0.15) is 10.4 Å². The number of ether oxygens (including phenoxy) is 1. The van der Waals surface area contributed by atoms with Crippen molar-refractivity contribution in [3.63, 3.8) is 0 Å². The van der Waals surface area contributed by atoms with Gasteiger partial charge in [-0.25, -0.2) is 9.78 Å². The van der Waals surface area contributed by atoms with Crippen LogP contribution in [0.5, 0.6) is 5.75 Å². The molecule has 1 heterocycles. The molecule has 7 heteroatoms. The number of benzene rings is 2. The van der Waals surface area contributed by atoms with E-state index in [1.165, 1.54) is 30.6 Å². The molecule has 1 aromatic heterocycles. The van der Waals surface area contributed by atoms with Crippen molar-refractivity contribution in [3.8, 4) is 5.75 Å². The fourth-order valence-electron chi connectivity index (χ4n) is 2.61. The first-order valence-electron chi connectivity index (χ1n) is 8.21. The number of rotatable bonds is 5. The van der Waals surface area contributed by atoms with Gasteiger partial charge in [-0.1, -0.05) is 36.4 Å². The van der Waals surface area contributed by atoms with E-state index in [0.29, 0.717) is 17.0 Å². The zero-order valence-corrected chi connectivity index (χ0v) is 15.7. The first kappa shape index (κ1) is 18.6. The van der Waals surface area contributed by atoms with E-state index in [4.69, 9.17) is 0 Å². The number of amides is 1. The molecule has 27 heavy (non-hydrogen) atoms. The minimum absolute atomic E-state index is 0.0129. The summed E-state index contributed by atoms with van der Waals surface area (Å²) >= 11 is 1.31. The molecular weight excluding hydrogens is 364 g/mol. The van der Waals surface area contributed by atoms with Gasteiger partial charge in [0.2, 0.25) is 0 Å². The summed E-state index contributed by atoms with van der Waals surface area (Å²) < 4.78 is 4.62. The number of carbonyl (C=O) groups excluding carboxylic acids is 2. The fourth-order valence-corrected chi connectivity index (χ4v) is 3.60. The Balaban J connectivity index is 1.80. The molecule has 0 aliphatic carbocycles. The maximum absolute atomic E-state index is 12.6. The van der Waals surface area contributed by atoms with Crippen molar-refractivity contribution >= 4 is 28.9 Å². The van der Waals surface area contributed by atoms with Crippen LogP contribution in [0.4, 0.5) is 5.69 Å². The molecule has 0 fully saturated rings. The molecular formula is C20H18N2O4S. The van der Waals surface area contributed by atoms with Crippen molar-refractivity contribution in [2.75, 3.05) is 12.4 Å². The molecule has 0 radical (unpaired) electrons. The second-order valence-corrected chi connectivity index (χ2v) is 6.92. The number of esters is 1. The van der Waals surface area contributed by atoms with Gasteiger partial charge >= 0.3 is 5.97 Å². The highest BCUT2D eigenvalue weighted by Gasteiger charge is 2.19. The molecule has 6 nitrogen and oxygen atoms in total. The number of nitrogens with one attached hydrogen (secondary N) is 1. The van der Waals surface area contributed by atoms with E-state index in [9.17, 15) is 14.7 Å². The quantitative estimate of drug-likeness (QED) is 0.518. The smallest absolute Gasteiger partial charge is 0.341 e. The number of phenols is 1. The van der Waals surface area contributed by atoms with E-state index in [1.54, 1.807) is 13.0 Å². The number of para-hydroxylation sites is 1. The molecule has 0 atom stereocenters. The minimum atomic E-state index is -0.678. The minimum Gasteiger partial charge on any atom is -0.505 e. The third-order valence-electron chi connectivity index (χ3n) is 3.93. The SMILES string of the molecule is COC(=O)c1cccc(NC(=O)c2sc(Cc3ccccc3)nc2C)c1O. The number of aromatic hydroxyl groups is 1. The maximum atomic E-state index is 12.6. The van der Waals surface area contributed by atoms with E-state index < -0.39 is 5.97 Å². The van der Waals surface area contributed by atoms with Gasteiger partial charge in [-0.15, -0.1) is 11.3 Å². The molecule has 0 aliphatic heterocycles. The second kappa shape index (κ2) is 8.01. The van der Waals surface area contributed by atoms with Crippen LogP contribution in [0.1, 0.15) is 36.3 Å². The Morgan fingerprint density at radius 3 is 2.59 bits per heavy atom. The van der Waals surface area contributed by atoms with Gasteiger partial charge in [-0.2, -0.15) is 0 Å². The molecule has 0 spiro atoms. The molecule has 3 aromatic rings. The van der Waals surface area contributed by atoms with Crippen molar-refractivity contribution in [1.82, 2.24) is 4.98 Å². The summed E-state index contributed by atoms with van der Waals surface area (Å²) in [4.78, 5) is 29.2. The van der Waals surface area contributed by atoms with Gasteiger partial charge in [-0.05, 0) is 24.6 Å². The summed E-state index contributed by atoms with van der Waals surface area (Å²) in [5.74, 6) is -1.39. The number of hydrogen-bond donors (Lipinski definition) is 2. The Kier molecular flexibility index (Phi) is 5.52. The molecule has 0 saturated carbocycles. The monoisotopic (exact) mass is 382 g/mol. The summed E-state index contributed by atoms with van der Waals surface area (Å²) in [5.41, 5.74) is 1.86. The molecule has 138 valence electrons. The number of aromatic nitrogens is 1. The average Bonchev–Trinajstić information content (AvgIpc) is 3.04. The topological polar surface area (TPSA) is 88.5 Å². The van der Waals surface area contributed by atoms with Gasteiger partial charge in [0.05, 0.1) is 23.5 Å². The summed E-state index contributed by atoms with van der Waals surface area (Å²) in [6.45, 7) is 1.77. The van der Waals surface area contributed by atoms with Crippen LogP contribution in [-0.2, 0) is 11.2 Å². The standard InChI is InChI=1S/C20H18N2O4S/c1-12-18(27-16(21-12)11-13-7-4-3-5-8-13)19(24)22-15-10-6-9-14(17(15)23)20(25)26-2/h3-10,23H,11H2,1-2H3,(H,22,24). The Morgan fingerprint density at radius 1 is 1.15 bits per heavy atom. The van der Waals surface area contributed by atoms with Crippen LogP contribution in [0.3, 0.4) is 0 Å². The van der Waals surface area contributed by atoms with Crippen LogP contribution in [0, 0.1) is 6.92 Å². The molecule has 2 aromatic carbocycles. The predicted molar refractivity (Wildman–Crippen MR) is 103 cm³/mol. The normalized spacial score (nSPS) is 10.4. The van der Waals surface area contributed by atoms with E-state index in [1.807, 2.05) is 30.3 Å². The molecule has 1 amide bonds. The lowest BCUT2D eigenvalue weighted by molar-refractivity contribution is 0.0597. The number of phenolic OH excluding ortho intramolecular Hbond substituents is 1. The average molecular weight is 382 g/mol. The summed E-state index contributed by atoms with van der Waals surface area (Å²) in [7, 11) is 1.22. The highest BCUT2D eigenvalue weighted by molar-refractivity contribution is 7.14. The second-order valence-electron chi connectivity index (χ2n) is 5.83. The van der Waals surface area contributed by atoms with E-state index in [-0.39, 0.29) is 22.9 Å². The van der Waals surface area contributed by atoms with Crippen molar-refractivity contribution in [3.05, 3.63) is 75.2 Å². The fraction of sp³-hybridized carbons (Fsp3) is 0.150. The van der Waals surface area contributed by atoms with Gasteiger partial charge < -0.3 is 15.2 Å². The Bertz CT molecular complexity index is 983. The Labute approximate surface area is 160 Å². The Morgan fingerprint density at radius 2 is 1.89 bits per heavy atom. The first-order chi connectivity index (χ1) is 13.0. The lowest BCUT2D eigenvalue weighted by Gasteiger charge is -2.09. The molecule has 3 rings (SSSR count). The van der Waals surface area contributed by atoms with Crippen LogP contribution >= 0.6 is 11.3 Å². The number of anilines is 1. The highest BCUT2D eigenvalue weighted by atomic mass is 32.1. The number of aryl methyl sites for hydroxylation is 1. The van der Waals surface area contributed by atoms with Crippen molar-refractivity contribution in [1.29, 1.82) is 0 Å². The molecule has 0 unspecified atom stereocenters. The lowest BCUT2D eigenvalue weighted by atomic mass is 10.1. The van der Waals surface area contributed by atoms with Crippen molar-refractivity contribution in [2.45, 2.75) is 13.3 Å². The number of methoxy groups -OCH3 is 1. The Hall–Kier alpha value is -3.19. The number of carbonyl (C=O) groups is 2. The first-order valence-corrected chi connectivity index (χ1v) is 9.03. The van der Waals surface area contributed by atoms with Gasteiger partial charge in [-0.3, -0.25) is 4.79 Å². The van der Waals surface area contributed by atoms with Gasteiger partial charge in [0.15, 0.2) is 5.75 Å². The van der Waals surface area contributed by atoms with E-state index in [0.717, 1.165) is 10.6 Å². The zero-order chi connectivity index (χ0) is 19.4.